The van der Waals surface area contributed by atoms with Crippen LogP contribution in [0.15, 0.2) is 24.4 Å². The minimum absolute atomic E-state index is 0.189. The molecule has 1 saturated carbocycles. The molecule has 0 saturated heterocycles. The lowest BCUT2D eigenvalue weighted by Gasteiger charge is -2.23. The maximum absolute atomic E-state index is 11.7. The van der Waals surface area contributed by atoms with E-state index >= 15 is 0 Å². The van der Waals surface area contributed by atoms with Crippen LogP contribution in [0.3, 0.4) is 0 Å². The molecule has 1 fully saturated rings. The Morgan fingerprint density at radius 2 is 2.04 bits per heavy atom. The highest BCUT2D eigenvalue weighted by Crippen LogP contribution is 2.31. The molecule has 6 N–H and O–H groups in total. The van der Waals surface area contributed by atoms with E-state index in [9.17, 15) is 9.59 Å². The topological polar surface area (TPSA) is 136 Å². The number of Topliss-reactive ketones (excluding diaryl/α,β-unsaturated/α-hetero) is 1. The number of hydrogen-bond acceptors (Lipinski definition) is 7. The number of ketones is 1. The number of nitrogens with two attached hydrogens (primary N) is 2. The van der Waals surface area contributed by atoms with E-state index in [1.165, 1.54) is 13.1 Å². The molecular weight excluding hydrogens is 368 g/mol. The summed E-state index contributed by atoms with van der Waals surface area (Å²) in [5.74, 6) is -0.0970. The van der Waals surface area contributed by atoms with Gasteiger partial charge in [0.15, 0.2) is 5.78 Å². The first-order valence-corrected chi connectivity index (χ1v) is 8.86. The molecule has 9 heteroatoms. The van der Waals surface area contributed by atoms with Crippen molar-refractivity contribution < 1.29 is 9.59 Å². The van der Waals surface area contributed by atoms with E-state index in [1.54, 1.807) is 25.1 Å². The minimum atomic E-state index is -1.17. The summed E-state index contributed by atoms with van der Waals surface area (Å²) in [4.78, 5) is 31.8. The van der Waals surface area contributed by atoms with Gasteiger partial charge in [-0.2, -0.15) is 4.98 Å². The number of nitrogens with zero attached hydrogens (tertiary/aromatic N) is 2. The van der Waals surface area contributed by atoms with Crippen LogP contribution < -0.4 is 22.1 Å². The fourth-order valence-corrected chi connectivity index (χ4v) is 2.86. The molecule has 1 aromatic heterocycles. The lowest BCUT2D eigenvalue weighted by molar-refractivity contribution is -0.121. The fourth-order valence-electron chi connectivity index (χ4n) is 2.49. The number of hydrogen-bond donors (Lipinski definition) is 4. The zero-order chi connectivity index (χ0) is 19.8. The van der Waals surface area contributed by atoms with Gasteiger partial charge in [0.2, 0.25) is 5.95 Å². The Hall–Kier alpha value is -2.71. The number of nitrogens with one attached hydrogen (secondary N) is 2. The number of carbonyl (C=O) groups is 2. The molecule has 3 rings (SSSR count). The SMILES string of the molecule is CC(=O)C(C)(N)c1ccc(Nc2ncc(C(N)=O)c(NC3CC3)n2)cc1Cl. The molecule has 1 aliphatic carbocycles. The first kappa shape index (κ1) is 19.1. The van der Waals surface area contributed by atoms with Crippen molar-refractivity contribution in [3.8, 4) is 0 Å². The maximum Gasteiger partial charge on any atom is 0.254 e. The molecule has 2 aromatic rings. The van der Waals surface area contributed by atoms with Gasteiger partial charge in [-0.1, -0.05) is 17.7 Å². The summed E-state index contributed by atoms with van der Waals surface area (Å²) in [6.45, 7) is 3.04. The Kier molecular flexibility index (Phi) is 5.03. The molecule has 1 atom stereocenters. The number of carbonyl (C=O) groups excluding carboxylic acids is 2. The second-order valence-corrected chi connectivity index (χ2v) is 7.22. The van der Waals surface area contributed by atoms with Crippen molar-refractivity contribution in [2.24, 2.45) is 11.5 Å². The molecule has 0 bridgehead atoms. The van der Waals surface area contributed by atoms with Crippen molar-refractivity contribution in [3.63, 3.8) is 0 Å². The predicted molar refractivity (Wildman–Crippen MR) is 104 cm³/mol. The molecule has 0 aliphatic heterocycles. The van der Waals surface area contributed by atoms with Gasteiger partial charge in [0, 0.05) is 22.9 Å². The summed E-state index contributed by atoms with van der Waals surface area (Å²) in [6.07, 6.45) is 3.43. The molecule has 8 nitrogen and oxygen atoms in total. The first-order valence-electron chi connectivity index (χ1n) is 8.49. The average Bonchev–Trinajstić information content (AvgIpc) is 3.38. The summed E-state index contributed by atoms with van der Waals surface area (Å²) >= 11 is 6.31. The number of primary amides is 1. The van der Waals surface area contributed by atoms with Crippen LogP contribution in [-0.4, -0.2) is 27.7 Å². The van der Waals surface area contributed by atoms with Gasteiger partial charge in [0.1, 0.15) is 5.82 Å². The number of amides is 1. The second kappa shape index (κ2) is 7.13. The molecule has 1 amide bonds. The number of halogens is 1. The Bertz CT molecular complexity index is 911. The molecule has 27 heavy (non-hydrogen) atoms. The summed E-state index contributed by atoms with van der Waals surface area (Å²) in [5.41, 5.74) is 11.7. The van der Waals surface area contributed by atoms with E-state index in [0.717, 1.165) is 12.8 Å². The quantitative estimate of drug-likeness (QED) is 0.571. The number of rotatable bonds is 7. The minimum Gasteiger partial charge on any atom is -0.367 e. The van der Waals surface area contributed by atoms with Crippen LogP contribution in [0.25, 0.3) is 0 Å². The summed E-state index contributed by atoms with van der Waals surface area (Å²) in [5, 5.41) is 6.55. The van der Waals surface area contributed by atoms with Crippen LogP contribution in [0.1, 0.15) is 42.6 Å². The third kappa shape index (κ3) is 4.17. The molecule has 0 radical (unpaired) electrons. The van der Waals surface area contributed by atoms with E-state index in [1.807, 2.05) is 0 Å². The van der Waals surface area contributed by atoms with Gasteiger partial charge in [0.05, 0.1) is 11.1 Å². The molecule has 142 valence electrons. The van der Waals surface area contributed by atoms with E-state index in [4.69, 9.17) is 23.1 Å². The van der Waals surface area contributed by atoms with Crippen molar-refractivity contribution in [3.05, 3.63) is 40.5 Å². The van der Waals surface area contributed by atoms with Gasteiger partial charge >= 0.3 is 0 Å². The lowest BCUT2D eigenvalue weighted by Crippen LogP contribution is -2.40. The van der Waals surface area contributed by atoms with Crippen molar-refractivity contribution in [2.45, 2.75) is 38.3 Å². The van der Waals surface area contributed by atoms with Gasteiger partial charge in [0.25, 0.3) is 5.91 Å². The van der Waals surface area contributed by atoms with Crippen molar-refractivity contribution in [2.75, 3.05) is 10.6 Å². The largest absolute Gasteiger partial charge is 0.367 e. The molecular formula is C18H21ClN6O2. The van der Waals surface area contributed by atoms with E-state index in [0.29, 0.717) is 28.1 Å². The Labute approximate surface area is 161 Å². The van der Waals surface area contributed by atoms with Crippen molar-refractivity contribution >= 4 is 40.7 Å². The zero-order valence-electron chi connectivity index (χ0n) is 15.0. The maximum atomic E-state index is 11.7. The third-order valence-corrected chi connectivity index (χ3v) is 4.80. The zero-order valence-corrected chi connectivity index (χ0v) is 15.8. The number of benzene rings is 1. The van der Waals surface area contributed by atoms with Gasteiger partial charge < -0.3 is 22.1 Å². The highest BCUT2D eigenvalue weighted by atomic mass is 35.5. The third-order valence-electron chi connectivity index (χ3n) is 4.49. The Morgan fingerprint density at radius 1 is 1.33 bits per heavy atom. The summed E-state index contributed by atoms with van der Waals surface area (Å²) in [7, 11) is 0. The van der Waals surface area contributed by atoms with E-state index in [2.05, 4.69) is 20.6 Å². The Balaban J connectivity index is 1.85. The molecule has 1 heterocycles. The highest BCUT2D eigenvalue weighted by Gasteiger charge is 2.29. The monoisotopic (exact) mass is 388 g/mol. The molecule has 0 spiro atoms. The lowest BCUT2D eigenvalue weighted by atomic mass is 9.89. The molecule has 1 aliphatic rings. The summed E-state index contributed by atoms with van der Waals surface area (Å²) < 4.78 is 0. The number of aromatic nitrogens is 2. The predicted octanol–water partition coefficient (Wildman–Crippen LogP) is 2.31. The van der Waals surface area contributed by atoms with Crippen LogP contribution >= 0.6 is 11.6 Å². The van der Waals surface area contributed by atoms with Gasteiger partial charge in [-0.15, -0.1) is 0 Å². The van der Waals surface area contributed by atoms with Crippen molar-refractivity contribution in [1.82, 2.24) is 9.97 Å². The van der Waals surface area contributed by atoms with Crippen molar-refractivity contribution in [1.29, 1.82) is 0 Å². The highest BCUT2D eigenvalue weighted by molar-refractivity contribution is 6.32. The smallest absolute Gasteiger partial charge is 0.254 e. The second-order valence-electron chi connectivity index (χ2n) is 6.82. The van der Waals surface area contributed by atoms with Gasteiger partial charge in [-0.05, 0) is 44.4 Å². The fraction of sp³-hybridized carbons (Fsp3) is 0.333. The average molecular weight is 389 g/mol. The Morgan fingerprint density at radius 3 is 2.59 bits per heavy atom. The normalized spacial score (nSPS) is 15.7. The van der Waals surface area contributed by atoms with Crippen LogP contribution in [0, 0.1) is 0 Å². The van der Waals surface area contributed by atoms with Crippen LogP contribution in [0.4, 0.5) is 17.5 Å². The van der Waals surface area contributed by atoms with E-state index < -0.39 is 11.4 Å². The molecule has 1 unspecified atom stereocenters. The number of anilines is 3. The standard InChI is InChI=1S/C18H21ClN6O2/c1-9(26)18(2,21)13-6-5-11(7-14(13)19)24-17-22-8-12(15(20)27)16(25-17)23-10-3-4-10/h5-8,10H,3-4,21H2,1-2H3,(H2,20,27)(H2,22,23,24,25). The van der Waals surface area contributed by atoms with Crippen LogP contribution in [0.2, 0.25) is 5.02 Å². The summed E-state index contributed by atoms with van der Waals surface area (Å²) in [6, 6.07) is 5.36. The van der Waals surface area contributed by atoms with E-state index in [-0.39, 0.29) is 17.3 Å². The van der Waals surface area contributed by atoms with Crippen LogP contribution in [0.5, 0.6) is 0 Å². The van der Waals surface area contributed by atoms with Gasteiger partial charge in [-0.25, -0.2) is 4.98 Å². The van der Waals surface area contributed by atoms with Gasteiger partial charge in [-0.3, -0.25) is 9.59 Å². The molecule has 1 aromatic carbocycles. The van der Waals surface area contributed by atoms with Crippen LogP contribution in [-0.2, 0) is 10.3 Å². The first-order chi connectivity index (χ1) is 12.7.